The van der Waals surface area contributed by atoms with Gasteiger partial charge in [0.1, 0.15) is 0 Å². The molecule has 0 spiro atoms. The Morgan fingerprint density at radius 1 is 0.731 bits per heavy atom. The van der Waals surface area contributed by atoms with Gasteiger partial charge in [-0.05, 0) is 51.7 Å². The van der Waals surface area contributed by atoms with Gasteiger partial charge in [-0.2, -0.15) is 0 Å². The van der Waals surface area contributed by atoms with Crippen molar-refractivity contribution in [1.29, 1.82) is 0 Å². The highest BCUT2D eigenvalue weighted by molar-refractivity contribution is 5.98. The lowest BCUT2D eigenvalue weighted by Crippen LogP contribution is -2.45. The van der Waals surface area contributed by atoms with Gasteiger partial charge in [0.05, 0.1) is 10.8 Å². The minimum Gasteiger partial charge on any atom is -0.298 e. The molecule has 0 saturated carbocycles. The molecule has 0 aliphatic heterocycles. The van der Waals surface area contributed by atoms with Crippen molar-refractivity contribution in [3.63, 3.8) is 0 Å². The third-order valence-electron chi connectivity index (χ3n) is 5.35. The molecule has 136 valence electrons. The maximum Gasteiger partial charge on any atom is 0.153 e. The van der Waals surface area contributed by atoms with Gasteiger partial charge in [-0.1, -0.05) is 85.0 Å². The molecule has 0 saturated heterocycles. The van der Waals surface area contributed by atoms with Gasteiger partial charge in [-0.3, -0.25) is 4.79 Å². The molecule has 0 radical (unpaired) electrons. The molecule has 1 nitrogen and oxygen atoms in total. The SMILES string of the molecule is CC=CCC(C)(C(=O)C(C)(CC=CC)c1ccccc1)c1ccccc1. The number of carbonyl (C=O) groups excluding carboxylic acids is 1. The normalized spacial score (nSPS) is 16.5. The van der Waals surface area contributed by atoms with E-state index in [9.17, 15) is 4.79 Å². The first-order valence-corrected chi connectivity index (χ1v) is 9.37. The van der Waals surface area contributed by atoms with Gasteiger partial charge in [-0.25, -0.2) is 0 Å². The smallest absolute Gasteiger partial charge is 0.153 e. The first-order chi connectivity index (χ1) is 12.5. The Morgan fingerprint density at radius 3 is 1.38 bits per heavy atom. The summed E-state index contributed by atoms with van der Waals surface area (Å²) in [6.45, 7) is 8.18. The summed E-state index contributed by atoms with van der Waals surface area (Å²) in [4.78, 5) is 14.0. The Hall–Kier alpha value is -2.41. The maximum absolute atomic E-state index is 14.0. The van der Waals surface area contributed by atoms with Gasteiger partial charge in [-0.15, -0.1) is 0 Å². The molecule has 0 heterocycles. The zero-order valence-electron chi connectivity index (χ0n) is 16.4. The summed E-state index contributed by atoms with van der Waals surface area (Å²) in [5.74, 6) is 0.263. The van der Waals surface area contributed by atoms with Crippen LogP contribution in [0.4, 0.5) is 0 Å². The molecule has 0 N–H and O–H groups in total. The summed E-state index contributed by atoms with van der Waals surface area (Å²) in [5, 5.41) is 0. The van der Waals surface area contributed by atoms with Crippen LogP contribution in [0.1, 0.15) is 51.7 Å². The van der Waals surface area contributed by atoms with Crippen LogP contribution >= 0.6 is 0 Å². The Morgan fingerprint density at radius 2 is 1.08 bits per heavy atom. The average Bonchev–Trinajstić information content (AvgIpc) is 2.71. The molecule has 26 heavy (non-hydrogen) atoms. The molecular weight excluding hydrogens is 316 g/mol. The molecule has 1 heteroatoms. The molecule has 0 bridgehead atoms. The van der Waals surface area contributed by atoms with Crippen LogP contribution in [0, 0.1) is 0 Å². The number of benzene rings is 2. The number of rotatable bonds is 8. The summed E-state index contributed by atoms with van der Waals surface area (Å²) in [5.41, 5.74) is 1.01. The number of carbonyl (C=O) groups is 1. The molecule has 0 aliphatic carbocycles. The van der Waals surface area contributed by atoms with Gasteiger partial charge in [0.2, 0.25) is 0 Å². The fraction of sp³-hybridized carbons (Fsp3) is 0.320. The molecule has 2 unspecified atom stereocenters. The number of allylic oxidation sites excluding steroid dienone is 4. The Bertz CT molecular complexity index is 692. The number of ketones is 1. The largest absolute Gasteiger partial charge is 0.298 e. The fourth-order valence-corrected chi connectivity index (χ4v) is 3.61. The molecule has 0 fully saturated rings. The van der Waals surface area contributed by atoms with Crippen LogP contribution in [0.2, 0.25) is 0 Å². The van der Waals surface area contributed by atoms with Crippen LogP contribution < -0.4 is 0 Å². The Kier molecular flexibility index (Phi) is 6.74. The van der Waals surface area contributed by atoms with E-state index in [1.165, 1.54) is 0 Å². The molecule has 0 aliphatic rings. The van der Waals surface area contributed by atoms with Gasteiger partial charge in [0, 0.05) is 0 Å². The van der Waals surface area contributed by atoms with E-state index in [0.717, 1.165) is 11.1 Å². The third kappa shape index (κ3) is 4.04. The van der Waals surface area contributed by atoms with E-state index in [4.69, 9.17) is 0 Å². The van der Waals surface area contributed by atoms with Crippen molar-refractivity contribution in [2.24, 2.45) is 0 Å². The fourth-order valence-electron chi connectivity index (χ4n) is 3.61. The van der Waals surface area contributed by atoms with Crippen molar-refractivity contribution in [2.45, 2.75) is 51.4 Å². The number of hydrogen-bond acceptors (Lipinski definition) is 1. The zero-order chi connectivity index (χ0) is 19.0. The maximum atomic E-state index is 14.0. The standard InChI is InChI=1S/C25H30O/c1-5-7-19-24(3,21-15-11-9-12-16-21)23(26)25(4,20-8-6-2)22-17-13-10-14-18-22/h5-18H,19-20H2,1-4H3. The van der Waals surface area contributed by atoms with Gasteiger partial charge < -0.3 is 0 Å². The molecule has 2 rings (SSSR count). The molecule has 2 aromatic rings. The van der Waals surface area contributed by atoms with E-state index < -0.39 is 10.8 Å². The van der Waals surface area contributed by atoms with Crippen LogP contribution in [0.15, 0.2) is 85.0 Å². The molecular formula is C25H30O. The summed E-state index contributed by atoms with van der Waals surface area (Å²) in [6, 6.07) is 20.4. The van der Waals surface area contributed by atoms with Crippen molar-refractivity contribution in [1.82, 2.24) is 0 Å². The summed E-state index contributed by atoms with van der Waals surface area (Å²) in [6.07, 6.45) is 9.66. The highest BCUT2D eigenvalue weighted by Crippen LogP contribution is 2.40. The quantitative estimate of drug-likeness (QED) is 0.505. The number of Topliss-reactive ketones (excluding diaryl/α,β-unsaturated/α-hetero) is 1. The van der Waals surface area contributed by atoms with Crippen LogP contribution in [-0.4, -0.2) is 5.78 Å². The predicted molar refractivity (Wildman–Crippen MR) is 111 cm³/mol. The molecule has 0 aromatic heterocycles. The Balaban J connectivity index is 2.59. The lowest BCUT2D eigenvalue weighted by molar-refractivity contribution is -0.129. The van der Waals surface area contributed by atoms with Crippen LogP contribution in [0.5, 0.6) is 0 Å². The molecule has 0 amide bonds. The van der Waals surface area contributed by atoms with Crippen molar-refractivity contribution in [2.75, 3.05) is 0 Å². The van der Waals surface area contributed by atoms with Crippen molar-refractivity contribution >= 4 is 5.78 Å². The van der Waals surface area contributed by atoms with E-state index in [1.807, 2.05) is 62.4 Å². The highest BCUT2D eigenvalue weighted by Gasteiger charge is 2.45. The van der Waals surface area contributed by atoms with Gasteiger partial charge in [0.15, 0.2) is 5.78 Å². The summed E-state index contributed by atoms with van der Waals surface area (Å²) in [7, 11) is 0. The minimum atomic E-state index is -0.570. The van der Waals surface area contributed by atoms with Gasteiger partial charge >= 0.3 is 0 Å². The van der Waals surface area contributed by atoms with E-state index >= 15 is 0 Å². The lowest BCUT2D eigenvalue weighted by atomic mass is 9.63. The third-order valence-corrected chi connectivity index (χ3v) is 5.35. The second-order valence-corrected chi connectivity index (χ2v) is 7.27. The molecule has 2 atom stereocenters. The van der Waals surface area contributed by atoms with Crippen LogP contribution in [0.3, 0.4) is 0 Å². The minimum absolute atomic E-state index is 0.263. The summed E-state index contributed by atoms with van der Waals surface area (Å²) < 4.78 is 0. The predicted octanol–water partition coefficient (Wildman–Crippen LogP) is 6.40. The van der Waals surface area contributed by atoms with E-state index in [2.05, 4.69) is 50.3 Å². The highest BCUT2D eigenvalue weighted by atomic mass is 16.1. The first kappa shape index (κ1) is 19.9. The van der Waals surface area contributed by atoms with Crippen molar-refractivity contribution in [3.05, 3.63) is 96.1 Å². The summed E-state index contributed by atoms with van der Waals surface area (Å²) >= 11 is 0. The van der Waals surface area contributed by atoms with E-state index in [-0.39, 0.29) is 5.78 Å². The molecule has 2 aromatic carbocycles. The monoisotopic (exact) mass is 346 g/mol. The number of hydrogen-bond donors (Lipinski definition) is 0. The topological polar surface area (TPSA) is 17.1 Å². The van der Waals surface area contributed by atoms with E-state index in [1.54, 1.807) is 0 Å². The van der Waals surface area contributed by atoms with Crippen molar-refractivity contribution < 1.29 is 4.79 Å². The van der Waals surface area contributed by atoms with Crippen LogP contribution in [0.25, 0.3) is 0 Å². The average molecular weight is 347 g/mol. The van der Waals surface area contributed by atoms with Crippen LogP contribution in [-0.2, 0) is 15.6 Å². The van der Waals surface area contributed by atoms with Crippen molar-refractivity contribution in [3.8, 4) is 0 Å². The lowest BCUT2D eigenvalue weighted by Gasteiger charge is -2.38. The zero-order valence-corrected chi connectivity index (χ0v) is 16.4. The second kappa shape index (κ2) is 8.80. The second-order valence-electron chi connectivity index (χ2n) is 7.27. The van der Waals surface area contributed by atoms with Gasteiger partial charge in [0.25, 0.3) is 0 Å². The first-order valence-electron chi connectivity index (χ1n) is 9.37. The Labute approximate surface area is 158 Å². The van der Waals surface area contributed by atoms with E-state index in [0.29, 0.717) is 12.8 Å².